The van der Waals surface area contributed by atoms with E-state index in [1.54, 1.807) is 13.8 Å². The second-order valence-corrected chi connectivity index (χ2v) is 5.68. The van der Waals surface area contributed by atoms with Crippen LogP contribution in [-0.2, 0) is 14.6 Å². The van der Waals surface area contributed by atoms with E-state index in [-0.39, 0.29) is 5.92 Å². The zero-order valence-electron chi connectivity index (χ0n) is 11.3. The van der Waals surface area contributed by atoms with Crippen molar-refractivity contribution < 1.29 is 19.7 Å². The van der Waals surface area contributed by atoms with Crippen LogP contribution in [0.3, 0.4) is 0 Å². The van der Waals surface area contributed by atoms with E-state index in [0.29, 0.717) is 0 Å². The van der Waals surface area contributed by atoms with Gasteiger partial charge in [0, 0.05) is 0 Å². The van der Waals surface area contributed by atoms with Crippen LogP contribution in [0.4, 0.5) is 0 Å². The van der Waals surface area contributed by atoms with Crippen LogP contribution in [0.15, 0.2) is 0 Å². The van der Waals surface area contributed by atoms with Gasteiger partial charge < -0.3 is 5.11 Å². The quantitative estimate of drug-likeness (QED) is 0.585. The molecule has 0 aromatic rings. The van der Waals surface area contributed by atoms with Gasteiger partial charge in [-0.15, -0.1) is 0 Å². The van der Waals surface area contributed by atoms with Crippen LogP contribution in [0.2, 0.25) is 0 Å². The molecule has 2 atom stereocenters. The first-order chi connectivity index (χ1) is 7.01. The summed E-state index contributed by atoms with van der Waals surface area (Å²) in [5.74, 6) is -0.906. The van der Waals surface area contributed by atoms with Crippen molar-refractivity contribution in [1.29, 1.82) is 0 Å². The van der Waals surface area contributed by atoms with Crippen molar-refractivity contribution in [3.8, 4) is 0 Å². The predicted octanol–water partition coefficient (Wildman–Crippen LogP) is 2.87. The molecule has 0 spiro atoms. The van der Waals surface area contributed by atoms with Gasteiger partial charge in [-0.2, -0.15) is 0 Å². The fraction of sp³-hybridized carbons (Fsp3) is 0.917. The standard InChI is InChI=1S/C12H24O4/c1-8(2)12(7,10(13)14)9(3)15-16-11(4,5)6/h8-9H,1-7H3,(H,13,14). The first-order valence-corrected chi connectivity index (χ1v) is 5.59. The van der Waals surface area contributed by atoms with Crippen LogP contribution >= 0.6 is 0 Å². The third-order valence-corrected chi connectivity index (χ3v) is 2.95. The monoisotopic (exact) mass is 232 g/mol. The lowest BCUT2D eigenvalue weighted by atomic mass is 9.75. The summed E-state index contributed by atoms with van der Waals surface area (Å²) >= 11 is 0. The van der Waals surface area contributed by atoms with Crippen LogP contribution in [-0.4, -0.2) is 22.8 Å². The van der Waals surface area contributed by atoms with Gasteiger partial charge >= 0.3 is 5.97 Å². The number of carboxylic acid groups (broad SMARTS) is 1. The van der Waals surface area contributed by atoms with E-state index in [2.05, 4.69) is 0 Å². The van der Waals surface area contributed by atoms with Gasteiger partial charge in [0.25, 0.3) is 0 Å². The maximum atomic E-state index is 11.3. The first-order valence-electron chi connectivity index (χ1n) is 5.59. The predicted molar refractivity (Wildman–Crippen MR) is 62.0 cm³/mol. The molecule has 0 rings (SSSR count). The summed E-state index contributed by atoms with van der Waals surface area (Å²) in [7, 11) is 0. The lowest BCUT2D eigenvalue weighted by Crippen LogP contribution is -2.45. The Hall–Kier alpha value is -0.610. The van der Waals surface area contributed by atoms with Gasteiger partial charge in [0.1, 0.15) is 6.10 Å². The van der Waals surface area contributed by atoms with Gasteiger partial charge in [-0.1, -0.05) is 13.8 Å². The van der Waals surface area contributed by atoms with E-state index in [1.165, 1.54) is 0 Å². The molecule has 0 bridgehead atoms. The summed E-state index contributed by atoms with van der Waals surface area (Å²) < 4.78 is 0. The summed E-state index contributed by atoms with van der Waals surface area (Å²) in [5.41, 5.74) is -1.39. The van der Waals surface area contributed by atoms with Crippen LogP contribution in [0.1, 0.15) is 48.5 Å². The van der Waals surface area contributed by atoms with Crippen molar-refractivity contribution in [2.24, 2.45) is 11.3 Å². The Labute approximate surface area is 97.9 Å². The number of hydrogen-bond acceptors (Lipinski definition) is 3. The van der Waals surface area contributed by atoms with Gasteiger partial charge in [0.15, 0.2) is 0 Å². The Morgan fingerprint density at radius 1 is 1.12 bits per heavy atom. The number of aliphatic carboxylic acids is 1. The molecular formula is C12H24O4. The van der Waals surface area contributed by atoms with E-state index >= 15 is 0 Å². The van der Waals surface area contributed by atoms with E-state index in [0.717, 1.165) is 0 Å². The Morgan fingerprint density at radius 3 is 1.81 bits per heavy atom. The molecule has 0 aliphatic carbocycles. The molecule has 0 fully saturated rings. The minimum absolute atomic E-state index is 0.0384. The Balaban J connectivity index is 4.66. The smallest absolute Gasteiger partial charge is 0.312 e. The number of carbonyl (C=O) groups is 1. The Kier molecular flexibility index (Phi) is 4.95. The summed E-state index contributed by atoms with van der Waals surface area (Å²) in [6, 6.07) is 0. The number of carboxylic acids is 1. The second kappa shape index (κ2) is 5.15. The van der Waals surface area contributed by atoms with Crippen LogP contribution < -0.4 is 0 Å². The lowest BCUT2D eigenvalue weighted by molar-refractivity contribution is -0.384. The zero-order chi connectivity index (χ0) is 13.1. The van der Waals surface area contributed by atoms with Gasteiger partial charge in [-0.25, -0.2) is 9.78 Å². The zero-order valence-corrected chi connectivity index (χ0v) is 11.3. The molecule has 0 heterocycles. The average Bonchev–Trinajstić information content (AvgIpc) is 2.10. The normalized spacial score (nSPS) is 18.2. The fourth-order valence-electron chi connectivity index (χ4n) is 1.21. The summed E-state index contributed by atoms with van der Waals surface area (Å²) in [4.78, 5) is 21.7. The molecule has 0 aromatic carbocycles. The molecule has 1 N–H and O–H groups in total. The molecule has 16 heavy (non-hydrogen) atoms. The maximum absolute atomic E-state index is 11.3. The van der Waals surface area contributed by atoms with Gasteiger partial charge in [0.05, 0.1) is 11.0 Å². The van der Waals surface area contributed by atoms with Crippen molar-refractivity contribution in [2.75, 3.05) is 0 Å². The van der Waals surface area contributed by atoms with Crippen LogP contribution in [0, 0.1) is 11.3 Å². The Bertz CT molecular complexity index is 242. The summed E-state index contributed by atoms with van der Waals surface area (Å²) in [5, 5.41) is 9.27. The first kappa shape index (κ1) is 15.4. The minimum atomic E-state index is -0.953. The van der Waals surface area contributed by atoms with Crippen LogP contribution in [0.25, 0.3) is 0 Å². The van der Waals surface area contributed by atoms with Crippen molar-refractivity contribution in [2.45, 2.75) is 60.2 Å². The third-order valence-electron chi connectivity index (χ3n) is 2.95. The fourth-order valence-corrected chi connectivity index (χ4v) is 1.21. The Morgan fingerprint density at radius 2 is 1.56 bits per heavy atom. The van der Waals surface area contributed by atoms with Crippen LogP contribution in [0.5, 0.6) is 0 Å². The molecule has 4 heteroatoms. The van der Waals surface area contributed by atoms with E-state index in [4.69, 9.17) is 9.78 Å². The van der Waals surface area contributed by atoms with E-state index in [9.17, 15) is 9.90 Å². The molecule has 2 unspecified atom stereocenters. The molecular weight excluding hydrogens is 208 g/mol. The van der Waals surface area contributed by atoms with Gasteiger partial charge in [0.2, 0.25) is 0 Å². The highest BCUT2D eigenvalue weighted by Crippen LogP contribution is 2.34. The molecule has 0 saturated carbocycles. The van der Waals surface area contributed by atoms with Crippen molar-refractivity contribution in [1.82, 2.24) is 0 Å². The molecule has 0 amide bonds. The van der Waals surface area contributed by atoms with Crippen molar-refractivity contribution >= 4 is 5.97 Å². The number of hydrogen-bond donors (Lipinski definition) is 1. The molecule has 0 saturated heterocycles. The lowest BCUT2D eigenvalue weighted by Gasteiger charge is -2.35. The molecule has 0 aliphatic rings. The largest absolute Gasteiger partial charge is 0.481 e. The van der Waals surface area contributed by atoms with Gasteiger partial charge in [-0.3, -0.25) is 4.79 Å². The maximum Gasteiger partial charge on any atom is 0.312 e. The molecule has 96 valence electrons. The second-order valence-electron chi connectivity index (χ2n) is 5.68. The van der Waals surface area contributed by atoms with Gasteiger partial charge in [-0.05, 0) is 40.5 Å². The molecule has 4 nitrogen and oxygen atoms in total. The topological polar surface area (TPSA) is 55.8 Å². The molecule has 0 aromatic heterocycles. The highest BCUT2D eigenvalue weighted by atomic mass is 17.2. The highest BCUT2D eigenvalue weighted by Gasteiger charge is 2.44. The van der Waals surface area contributed by atoms with E-state index < -0.39 is 23.1 Å². The SMILES string of the molecule is CC(C)C(C)(C(=O)O)C(C)OOC(C)(C)C. The van der Waals surface area contributed by atoms with Crippen molar-refractivity contribution in [3.63, 3.8) is 0 Å². The highest BCUT2D eigenvalue weighted by molar-refractivity contribution is 5.75. The number of rotatable bonds is 5. The summed E-state index contributed by atoms with van der Waals surface area (Å²) in [6.07, 6.45) is -0.510. The average molecular weight is 232 g/mol. The minimum Gasteiger partial charge on any atom is -0.481 e. The molecule has 0 aliphatic heterocycles. The third kappa shape index (κ3) is 3.76. The summed E-state index contributed by atoms with van der Waals surface area (Å²) in [6.45, 7) is 12.7. The van der Waals surface area contributed by atoms with Crippen molar-refractivity contribution in [3.05, 3.63) is 0 Å². The van der Waals surface area contributed by atoms with E-state index in [1.807, 2.05) is 34.6 Å². The molecule has 0 radical (unpaired) electrons.